The lowest BCUT2D eigenvalue weighted by Gasteiger charge is -2.08. The first kappa shape index (κ1) is 18.3. The van der Waals surface area contributed by atoms with Gasteiger partial charge in [-0.25, -0.2) is 4.79 Å². The van der Waals surface area contributed by atoms with Gasteiger partial charge in [0.1, 0.15) is 11.5 Å². The number of unbranched alkanes of at least 4 members (excludes halogenated alkanes) is 6. The average molecular weight is 304 g/mol. The highest BCUT2D eigenvalue weighted by Crippen LogP contribution is 2.18. The summed E-state index contributed by atoms with van der Waals surface area (Å²) in [6.45, 7) is 8.15. The Morgan fingerprint density at radius 3 is 2.09 bits per heavy atom. The number of ether oxygens (including phenoxy) is 2. The Balaban J connectivity index is 2.16. The van der Waals surface area contributed by atoms with E-state index in [-0.39, 0.29) is 0 Å². The highest BCUT2D eigenvalue weighted by molar-refractivity contribution is 5.88. The van der Waals surface area contributed by atoms with Crippen LogP contribution in [0.25, 0.3) is 0 Å². The standard InChI is InChI=1S/C19H28O3/c1-4-5-6-7-8-9-10-15-21-17-11-13-18(14-12-17)22-19(20)16(2)3/h11-14H,2,4-10,15H2,1,3H3. The van der Waals surface area contributed by atoms with E-state index in [0.717, 1.165) is 18.8 Å². The summed E-state index contributed by atoms with van der Waals surface area (Å²) in [6, 6.07) is 7.12. The third-order valence-corrected chi connectivity index (χ3v) is 3.40. The van der Waals surface area contributed by atoms with Crippen LogP contribution in [-0.2, 0) is 4.79 Å². The Bertz CT molecular complexity index is 448. The minimum Gasteiger partial charge on any atom is -0.494 e. The highest BCUT2D eigenvalue weighted by Gasteiger charge is 2.05. The molecule has 1 rings (SSSR count). The Hall–Kier alpha value is -1.77. The van der Waals surface area contributed by atoms with Crippen LogP contribution in [0.15, 0.2) is 36.4 Å². The lowest BCUT2D eigenvalue weighted by molar-refractivity contribution is -0.130. The van der Waals surface area contributed by atoms with E-state index in [9.17, 15) is 4.79 Å². The van der Waals surface area contributed by atoms with Crippen LogP contribution >= 0.6 is 0 Å². The summed E-state index contributed by atoms with van der Waals surface area (Å²) in [4.78, 5) is 11.4. The van der Waals surface area contributed by atoms with E-state index in [2.05, 4.69) is 13.5 Å². The molecule has 0 amide bonds. The van der Waals surface area contributed by atoms with E-state index >= 15 is 0 Å². The maximum absolute atomic E-state index is 11.4. The van der Waals surface area contributed by atoms with Gasteiger partial charge < -0.3 is 9.47 Å². The van der Waals surface area contributed by atoms with Crippen molar-refractivity contribution in [2.45, 2.75) is 58.8 Å². The zero-order chi connectivity index (χ0) is 16.2. The van der Waals surface area contributed by atoms with Gasteiger partial charge in [-0.15, -0.1) is 0 Å². The van der Waals surface area contributed by atoms with Gasteiger partial charge >= 0.3 is 5.97 Å². The van der Waals surface area contributed by atoms with Crippen molar-refractivity contribution in [1.29, 1.82) is 0 Å². The summed E-state index contributed by atoms with van der Waals surface area (Å²) in [5.74, 6) is 0.911. The molecule has 0 atom stereocenters. The molecule has 3 nitrogen and oxygen atoms in total. The number of hydrogen-bond donors (Lipinski definition) is 0. The van der Waals surface area contributed by atoms with Crippen LogP contribution in [0, 0.1) is 0 Å². The van der Waals surface area contributed by atoms with Crippen LogP contribution in [0.5, 0.6) is 11.5 Å². The lowest BCUT2D eigenvalue weighted by atomic mass is 10.1. The predicted molar refractivity (Wildman–Crippen MR) is 90.4 cm³/mol. The number of esters is 1. The van der Waals surface area contributed by atoms with Crippen LogP contribution in [0.3, 0.4) is 0 Å². The van der Waals surface area contributed by atoms with Crippen molar-refractivity contribution in [1.82, 2.24) is 0 Å². The zero-order valence-corrected chi connectivity index (χ0v) is 13.9. The molecule has 0 N–H and O–H groups in total. The number of rotatable bonds is 11. The van der Waals surface area contributed by atoms with Crippen molar-refractivity contribution in [2.75, 3.05) is 6.61 Å². The van der Waals surface area contributed by atoms with Gasteiger partial charge in [0, 0.05) is 5.57 Å². The van der Waals surface area contributed by atoms with Crippen LogP contribution < -0.4 is 9.47 Å². The first-order chi connectivity index (χ1) is 10.6. The van der Waals surface area contributed by atoms with E-state index < -0.39 is 5.97 Å². The van der Waals surface area contributed by atoms with Crippen molar-refractivity contribution >= 4 is 5.97 Å². The van der Waals surface area contributed by atoms with Gasteiger partial charge in [0.15, 0.2) is 0 Å². The Morgan fingerprint density at radius 1 is 0.955 bits per heavy atom. The van der Waals surface area contributed by atoms with Gasteiger partial charge in [0.2, 0.25) is 0 Å². The fraction of sp³-hybridized carbons (Fsp3) is 0.526. The van der Waals surface area contributed by atoms with Gasteiger partial charge in [-0.3, -0.25) is 0 Å². The molecule has 3 heteroatoms. The Labute approximate surface area is 134 Å². The van der Waals surface area contributed by atoms with Crippen LogP contribution in [0.1, 0.15) is 58.8 Å². The van der Waals surface area contributed by atoms with Crippen molar-refractivity contribution < 1.29 is 14.3 Å². The molecule has 0 saturated carbocycles. The second-order valence-electron chi connectivity index (χ2n) is 5.61. The molecule has 1 aromatic rings. The molecule has 22 heavy (non-hydrogen) atoms. The van der Waals surface area contributed by atoms with Crippen LogP contribution in [0.4, 0.5) is 0 Å². The third kappa shape index (κ3) is 7.87. The van der Waals surface area contributed by atoms with Gasteiger partial charge in [-0.2, -0.15) is 0 Å². The van der Waals surface area contributed by atoms with E-state index in [1.54, 1.807) is 19.1 Å². The smallest absolute Gasteiger partial charge is 0.338 e. The molecule has 122 valence electrons. The molecular weight excluding hydrogens is 276 g/mol. The molecule has 0 spiro atoms. The minimum atomic E-state index is -0.406. The molecule has 0 heterocycles. The molecule has 0 unspecified atom stereocenters. The van der Waals surface area contributed by atoms with Gasteiger partial charge in [0.05, 0.1) is 6.61 Å². The topological polar surface area (TPSA) is 35.5 Å². The average Bonchev–Trinajstić information content (AvgIpc) is 2.51. The summed E-state index contributed by atoms with van der Waals surface area (Å²) >= 11 is 0. The molecule has 0 saturated heterocycles. The molecular formula is C19H28O3. The Morgan fingerprint density at radius 2 is 1.50 bits per heavy atom. The summed E-state index contributed by atoms with van der Waals surface area (Å²) in [7, 11) is 0. The van der Waals surface area contributed by atoms with Gasteiger partial charge in [-0.05, 0) is 37.6 Å². The van der Waals surface area contributed by atoms with E-state index in [0.29, 0.717) is 11.3 Å². The molecule has 0 bridgehead atoms. The number of benzene rings is 1. The largest absolute Gasteiger partial charge is 0.494 e. The number of carbonyl (C=O) groups excluding carboxylic acids is 1. The third-order valence-electron chi connectivity index (χ3n) is 3.40. The predicted octanol–water partition coefficient (Wildman–Crippen LogP) is 5.30. The molecule has 1 aromatic carbocycles. The minimum absolute atomic E-state index is 0.388. The van der Waals surface area contributed by atoms with E-state index in [1.165, 1.54) is 38.5 Å². The maximum atomic E-state index is 11.4. The normalized spacial score (nSPS) is 10.3. The van der Waals surface area contributed by atoms with E-state index in [4.69, 9.17) is 9.47 Å². The second kappa shape index (κ2) is 10.9. The van der Waals surface area contributed by atoms with Crippen molar-refractivity contribution in [3.63, 3.8) is 0 Å². The molecule has 0 aliphatic rings. The van der Waals surface area contributed by atoms with Gasteiger partial charge in [-0.1, -0.05) is 52.0 Å². The van der Waals surface area contributed by atoms with Crippen molar-refractivity contribution in [3.8, 4) is 11.5 Å². The quantitative estimate of drug-likeness (QED) is 0.241. The first-order valence-electron chi connectivity index (χ1n) is 8.24. The van der Waals surface area contributed by atoms with E-state index in [1.807, 2.05) is 12.1 Å². The summed E-state index contributed by atoms with van der Waals surface area (Å²) in [6.07, 6.45) is 8.91. The summed E-state index contributed by atoms with van der Waals surface area (Å²) in [5, 5.41) is 0. The summed E-state index contributed by atoms with van der Waals surface area (Å²) in [5.41, 5.74) is 0.388. The molecule has 0 aliphatic carbocycles. The van der Waals surface area contributed by atoms with Crippen molar-refractivity contribution in [2.24, 2.45) is 0 Å². The van der Waals surface area contributed by atoms with Crippen LogP contribution in [0.2, 0.25) is 0 Å². The maximum Gasteiger partial charge on any atom is 0.338 e. The lowest BCUT2D eigenvalue weighted by Crippen LogP contribution is -2.08. The highest BCUT2D eigenvalue weighted by atomic mass is 16.5. The SMILES string of the molecule is C=C(C)C(=O)Oc1ccc(OCCCCCCCCC)cc1. The Kier molecular flexibility index (Phi) is 9.04. The van der Waals surface area contributed by atoms with Crippen LogP contribution in [-0.4, -0.2) is 12.6 Å². The fourth-order valence-electron chi connectivity index (χ4n) is 2.05. The number of hydrogen-bond acceptors (Lipinski definition) is 3. The molecule has 0 aromatic heterocycles. The molecule has 0 aliphatic heterocycles. The number of carbonyl (C=O) groups is 1. The molecule has 0 radical (unpaired) electrons. The fourth-order valence-corrected chi connectivity index (χ4v) is 2.05. The molecule has 0 fully saturated rings. The van der Waals surface area contributed by atoms with Gasteiger partial charge in [0.25, 0.3) is 0 Å². The monoisotopic (exact) mass is 304 g/mol. The second-order valence-corrected chi connectivity index (χ2v) is 5.61. The summed E-state index contributed by atoms with van der Waals surface area (Å²) < 4.78 is 10.8. The zero-order valence-electron chi connectivity index (χ0n) is 13.9. The van der Waals surface area contributed by atoms with Crippen molar-refractivity contribution in [3.05, 3.63) is 36.4 Å². The first-order valence-corrected chi connectivity index (χ1v) is 8.24.